The Morgan fingerprint density at radius 2 is 2.18 bits per heavy atom. The second-order valence-electron chi connectivity index (χ2n) is 4.86. The fourth-order valence-electron chi connectivity index (χ4n) is 2.78. The summed E-state index contributed by atoms with van der Waals surface area (Å²) in [5, 5.41) is 5.76. The van der Waals surface area contributed by atoms with Crippen molar-refractivity contribution in [3.05, 3.63) is 34.7 Å². The van der Waals surface area contributed by atoms with Gasteiger partial charge in [0.1, 0.15) is 0 Å². The van der Waals surface area contributed by atoms with E-state index in [1.807, 2.05) is 7.05 Å². The lowest BCUT2D eigenvalue weighted by Crippen LogP contribution is -2.41. The first-order chi connectivity index (χ1) is 8.24. The zero-order chi connectivity index (χ0) is 12.3. The third kappa shape index (κ3) is 2.52. The summed E-state index contributed by atoms with van der Waals surface area (Å²) in [7, 11) is 4.23. The predicted molar refractivity (Wildman–Crippen MR) is 73.9 cm³/mol. The molecule has 0 bridgehead atoms. The normalized spacial score (nSPS) is 23.9. The van der Waals surface area contributed by atoms with Crippen LogP contribution in [0, 0.1) is 5.92 Å². The number of piperidine rings is 1. The van der Waals surface area contributed by atoms with Gasteiger partial charge in [0.05, 0.1) is 0 Å². The largest absolute Gasteiger partial charge is 0.377 e. The molecule has 2 heteroatoms. The number of nitrogens with one attached hydrogen (secondary N) is 1. The molecule has 1 N–H and O–H groups in total. The summed E-state index contributed by atoms with van der Waals surface area (Å²) in [5.74, 6) is 0.613. The van der Waals surface area contributed by atoms with Crippen molar-refractivity contribution >= 4 is 12.3 Å². The van der Waals surface area contributed by atoms with Crippen LogP contribution >= 0.6 is 0 Å². The standard InChI is InChI=1S/C15H22N2/c1-12-7-4-5-9-14(12)15-13(11-16-2)8-6-10-17(15)3/h4-5,7,9,13,16H,1,6,8,10-11H2,2-3H3/b15-14-. The zero-order valence-corrected chi connectivity index (χ0v) is 10.9. The summed E-state index contributed by atoms with van der Waals surface area (Å²) in [6.07, 6.45) is 2.56. The third-order valence-corrected chi connectivity index (χ3v) is 3.59. The summed E-state index contributed by atoms with van der Waals surface area (Å²) < 4.78 is 0. The van der Waals surface area contributed by atoms with Gasteiger partial charge in [0.25, 0.3) is 0 Å². The molecule has 1 aliphatic heterocycles. The van der Waals surface area contributed by atoms with Gasteiger partial charge in [-0.25, -0.2) is 0 Å². The molecule has 0 amide bonds. The Bertz CT molecular complexity index is 476. The molecule has 1 aliphatic rings. The molecule has 92 valence electrons. The highest BCUT2D eigenvalue weighted by Crippen LogP contribution is 2.24. The van der Waals surface area contributed by atoms with Crippen LogP contribution in [0.15, 0.2) is 24.3 Å². The summed E-state index contributed by atoms with van der Waals surface area (Å²) in [6, 6.07) is 8.46. The molecule has 2 nitrogen and oxygen atoms in total. The van der Waals surface area contributed by atoms with Crippen molar-refractivity contribution in [2.75, 3.05) is 27.2 Å². The molecule has 0 aliphatic carbocycles. The van der Waals surface area contributed by atoms with Gasteiger partial charge in [0.2, 0.25) is 0 Å². The molecule has 2 rings (SSSR count). The molecule has 0 aromatic heterocycles. The van der Waals surface area contributed by atoms with Gasteiger partial charge in [-0.2, -0.15) is 0 Å². The molecule has 17 heavy (non-hydrogen) atoms. The molecule has 1 heterocycles. The van der Waals surface area contributed by atoms with Crippen LogP contribution in [0.25, 0.3) is 12.3 Å². The molecule has 1 atom stereocenters. The van der Waals surface area contributed by atoms with Crippen molar-refractivity contribution in [1.29, 1.82) is 0 Å². The number of hydrogen-bond acceptors (Lipinski definition) is 2. The van der Waals surface area contributed by atoms with Crippen molar-refractivity contribution in [3.8, 4) is 0 Å². The molecule has 1 aromatic carbocycles. The third-order valence-electron chi connectivity index (χ3n) is 3.59. The van der Waals surface area contributed by atoms with E-state index in [2.05, 4.69) is 48.1 Å². The Balaban J connectivity index is 2.55. The second kappa shape index (κ2) is 5.37. The summed E-state index contributed by atoms with van der Waals surface area (Å²) in [6.45, 7) is 6.36. The lowest BCUT2D eigenvalue weighted by atomic mass is 9.92. The highest BCUT2D eigenvalue weighted by Gasteiger charge is 2.22. The van der Waals surface area contributed by atoms with E-state index in [1.54, 1.807) is 0 Å². The van der Waals surface area contributed by atoms with Gasteiger partial charge in [-0.15, -0.1) is 0 Å². The van der Waals surface area contributed by atoms with Crippen molar-refractivity contribution in [1.82, 2.24) is 10.2 Å². The van der Waals surface area contributed by atoms with Gasteiger partial charge in [-0.05, 0) is 25.1 Å². The van der Waals surface area contributed by atoms with E-state index >= 15 is 0 Å². The van der Waals surface area contributed by atoms with Crippen LogP contribution in [0.2, 0.25) is 0 Å². The molecule has 1 aromatic rings. The molecule has 1 saturated heterocycles. The topological polar surface area (TPSA) is 15.3 Å². The Morgan fingerprint density at radius 3 is 2.88 bits per heavy atom. The van der Waals surface area contributed by atoms with Crippen LogP contribution < -0.4 is 15.8 Å². The number of likely N-dealkylation sites (tertiary alicyclic amines) is 1. The molecule has 0 spiro atoms. The van der Waals surface area contributed by atoms with E-state index in [-0.39, 0.29) is 0 Å². The Hall–Kier alpha value is -1.28. The van der Waals surface area contributed by atoms with Gasteiger partial charge < -0.3 is 10.2 Å². The first-order valence-electron chi connectivity index (χ1n) is 6.38. The van der Waals surface area contributed by atoms with Gasteiger partial charge in [-0.1, -0.05) is 30.8 Å². The average molecular weight is 230 g/mol. The minimum Gasteiger partial charge on any atom is -0.377 e. The fraction of sp³-hybridized carbons (Fsp3) is 0.467. The second-order valence-corrected chi connectivity index (χ2v) is 4.86. The van der Waals surface area contributed by atoms with Crippen LogP contribution in [0.3, 0.4) is 0 Å². The first kappa shape index (κ1) is 12.2. The Morgan fingerprint density at radius 1 is 1.41 bits per heavy atom. The summed E-state index contributed by atoms with van der Waals surface area (Å²) >= 11 is 0. The maximum Gasteiger partial charge on any atom is 0.0254 e. The number of rotatable bonds is 2. The van der Waals surface area contributed by atoms with Gasteiger partial charge >= 0.3 is 0 Å². The highest BCUT2D eigenvalue weighted by molar-refractivity contribution is 5.47. The lowest BCUT2D eigenvalue weighted by Gasteiger charge is -2.35. The van der Waals surface area contributed by atoms with E-state index in [0.717, 1.165) is 18.3 Å². The average Bonchev–Trinajstić information content (AvgIpc) is 2.31. The quantitative estimate of drug-likeness (QED) is 0.807. The minimum atomic E-state index is 0.613. The smallest absolute Gasteiger partial charge is 0.0254 e. The fourth-order valence-corrected chi connectivity index (χ4v) is 2.78. The SMILES string of the molecule is C=c1cccc/c1=C1\C(CNC)CCCN1C. The number of nitrogens with zero attached hydrogens (tertiary/aromatic N) is 1. The van der Waals surface area contributed by atoms with Gasteiger partial charge in [0.15, 0.2) is 0 Å². The van der Waals surface area contributed by atoms with Crippen LogP contribution in [0.1, 0.15) is 12.8 Å². The van der Waals surface area contributed by atoms with Gasteiger partial charge in [0, 0.05) is 37.0 Å². The molecule has 1 fully saturated rings. The first-order valence-corrected chi connectivity index (χ1v) is 6.38. The maximum atomic E-state index is 4.16. The van der Waals surface area contributed by atoms with E-state index in [0.29, 0.717) is 5.92 Å². The maximum absolute atomic E-state index is 4.16. The van der Waals surface area contributed by atoms with Crippen LogP contribution in [0.4, 0.5) is 0 Å². The molecule has 0 saturated carbocycles. The molecule has 1 unspecified atom stereocenters. The van der Waals surface area contributed by atoms with Crippen LogP contribution in [0.5, 0.6) is 0 Å². The Labute approximate surface area is 104 Å². The summed E-state index contributed by atoms with van der Waals surface area (Å²) in [5.41, 5.74) is 1.45. The minimum absolute atomic E-state index is 0.613. The van der Waals surface area contributed by atoms with E-state index < -0.39 is 0 Å². The van der Waals surface area contributed by atoms with Crippen molar-refractivity contribution in [2.24, 2.45) is 5.92 Å². The van der Waals surface area contributed by atoms with Crippen molar-refractivity contribution < 1.29 is 0 Å². The predicted octanol–water partition coefficient (Wildman–Crippen LogP) is 0.766. The van der Waals surface area contributed by atoms with Gasteiger partial charge in [-0.3, -0.25) is 0 Å². The molecular formula is C15H22N2. The monoisotopic (exact) mass is 230 g/mol. The number of benzene rings is 1. The van der Waals surface area contributed by atoms with Crippen LogP contribution in [-0.2, 0) is 0 Å². The van der Waals surface area contributed by atoms with Crippen molar-refractivity contribution in [2.45, 2.75) is 12.8 Å². The van der Waals surface area contributed by atoms with E-state index in [4.69, 9.17) is 0 Å². The molecule has 0 radical (unpaired) electrons. The zero-order valence-electron chi connectivity index (χ0n) is 10.9. The lowest BCUT2D eigenvalue weighted by molar-refractivity contribution is 0.337. The number of hydrogen-bond donors (Lipinski definition) is 1. The molecular weight excluding hydrogens is 208 g/mol. The van der Waals surface area contributed by atoms with Crippen LogP contribution in [-0.4, -0.2) is 32.1 Å². The summed E-state index contributed by atoms with van der Waals surface area (Å²) in [4.78, 5) is 2.40. The van der Waals surface area contributed by atoms with E-state index in [9.17, 15) is 0 Å². The Kier molecular flexibility index (Phi) is 3.85. The van der Waals surface area contributed by atoms with Crippen molar-refractivity contribution in [3.63, 3.8) is 0 Å². The highest BCUT2D eigenvalue weighted by atomic mass is 15.1. The van der Waals surface area contributed by atoms with E-state index in [1.165, 1.54) is 23.8 Å².